The van der Waals surface area contributed by atoms with Crippen molar-refractivity contribution >= 4 is 5.97 Å². The van der Waals surface area contributed by atoms with Gasteiger partial charge in [0.15, 0.2) is 0 Å². The number of ether oxygens (including phenoxy) is 1. The predicted molar refractivity (Wildman–Crippen MR) is 36.3 cm³/mol. The van der Waals surface area contributed by atoms with E-state index in [1.807, 2.05) is 0 Å². The van der Waals surface area contributed by atoms with Crippen molar-refractivity contribution in [2.45, 2.75) is 18.9 Å². The highest BCUT2D eigenvalue weighted by atomic mass is 16.5. The lowest BCUT2D eigenvalue weighted by molar-refractivity contribution is -0.141. The zero-order valence-corrected chi connectivity index (χ0v) is 6.04. The second kappa shape index (κ2) is 5.20. The Labute approximate surface area is 60.0 Å². The highest BCUT2D eigenvalue weighted by molar-refractivity contribution is 5.69. The Kier molecular flexibility index (Phi) is 4.88. The Morgan fingerprint density at radius 3 is 2.80 bits per heavy atom. The van der Waals surface area contributed by atoms with Gasteiger partial charge < -0.3 is 15.6 Å². The molecule has 60 valence electrons. The molecule has 10 heavy (non-hydrogen) atoms. The SMILES string of the molecule is COC(=O)CCC(O)CN. The van der Waals surface area contributed by atoms with E-state index < -0.39 is 6.10 Å². The zero-order valence-electron chi connectivity index (χ0n) is 6.04. The van der Waals surface area contributed by atoms with Gasteiger partial charge in [0, 0.05) is 13.0 Å². The molecular weight excluding hydrogens is 134 g/mol. The molecule has 0 heterocycles. The van der Waals surface area contributed by atoms with E-state index in [1.54, 1.807) is 0 Å². The lowest BCUT2D eigenvalue weighted by Crippen LogP contribution is -2.20. The summed E-state index contributed by atoms with van der Waals surface area (Å²) in [4.78, 5) is 10.5. The van der Waals surface area contributed by atoms with Crippen LogP contribution in [0.15, 0.2) is 0 Å². The number of aliphatic hydroxyl groups is 1. The van der Waals surface area contributed by atoms with E-state index in [2.05, 4.69) is 4.74 Å². The van der Waals surface area contributed by atoms with Crippen molar-refractivity contribution in [3.63, 3.8) is 0 Å². The van der Waals surface area contributed by atoms with Crippen LogP contribution in [0.25, 0.3) is 0 Å². The van der Waals surface area contributed by atoms with Crippen molar-refractivity contribution in [3.05, 3.63) is 0 Å². The fourth-order valence-electron chi connectivity index (χ4n) is 0.504. The number of carbonyl (C=O) groups is 1. The summed E-state index contributed by atoms with van der Waals surface area (Å²) in [5.74, 6) is -0.312. The molecule has 1 atom stereocenters. The lowest BCUT2D eigenvalue weighted by Gasteiger charge is -2.04. The van der Waals surface area contributed by atoms with Gasteiger partial charge in [-0.3, -0.25) is 4.79 Å². The third-order valence-electron chi connectivity index (χ3n) is 1.18. The van der Waals surface area contributed by atoms with Crippen LogP contribution in [0, 0.1) is 0 Å². The van der Waals surface area contributed by atoms with Gasteiger partial charge in [0.2, 0.25) is 0 Å². The van der Waals surface area contributed by atoms with Crippen molar-refractivity contribution in [1.29, 1.82) is 0 Å². The molecule has 0 aromatic carbocycles. The molecular formula is C6H13NO3. The number of methoxy groups -OCH3 is 1. The topological polar surface area (TPSA) is 72.5 Å². The van der Waals surface area contributed by atoms with Crippen molar-refractivity contribution in [2.24, 2.45) is 5.73 Å². The molecule has 0 rings (SSSR count). The van der Waals surface area contributed by atoms with Gasteiger partial charge in [0.1, 0.15) is 0 Å². The van der Waals surface area contributed by atoms with Crippen molar-refractivity contribution in [1.82, 2.24) is 0 Å². The lowest BCUT2D eigenvalue weighted by atomic mass is 10.2. The number of carbonyl (C=O) groups excluding carboxylic acids is 1. The van der Waals surface area contributed by atoms with Crippen molar-refractivity contribution in [3.8, 4) is 0 Å². The Balaban J connectivity index is 3.26. The zero-order chi connectivity index (χ0) is 7.98. The van der Waals surface area contributed by atoms with Crippen LogP contribution in [0.1, 0.15) is 12.8 Å². The van der Waals surface area contributed by atoms with Gasteiger partial charge in [-0.1, -0.05) is 0 Å². The minimum Gasteiger partial charge on any atom is -0.469 e. The summed E-state index contributed by atoms with van der Waals surface area (Å²) in [6.45, 7) is 0.191. The molecule has 0 aliphatic heterocycles. The molecule has 0 fully saturated rings. The first-order valence-corrected chi connectivity index (χ1v) is 3.15. The van der Waals surface area contributed by atoms with Gasteiger partial charge in [-0.05, 0) is 6.42 Å². The summed E-state index contributed by atoms with van der Waals surface area (Å²) in [6.07, 6.45) is 0.0250. The fraction of sp³-hybridized carbons (Fsp3) is 0.833. The van der Waals surface area contributed by atoms with Crippen molar-refractivity contribution in [2.75, 3.05) is 13.7 Å². The van der Waals surface area contributed by atoms with Gasteiger partial charge in [-0.2, -0.15) is 0 Å². The van der Waals surface area contributed by atoms with E-state index in [4.69, 9.17) is 10.8 Å². The smallest absolute Gasteiger partial charge is 0.305 e. The number of hydrogen-bond acceptors (Lipinski definition) is 4. The summed E-state index contributed by atoms with van der Waals surface area (Å²) < 4.78 is 4.35. The van der Waals surface area contributed by atoms with Crippen LogP contribution < -0.4 is 5.73 Å². The Hall–Kier alpha value is -0.610. The maximum absolute atomic E-state index is 10.5. The average molecular weight is 147 g/mol. The van der Waals surface area contributed by atoms with Gasteiger partial charge in [0.25, 0.3) is 0 Å². The molecule has 0 spiro atoms. The molecule has 0 aliphatic rings. The molecule has 0 bridgehead atoms. The van der Waals surface area contributed by atoms with Gasteiger partial charge in [0.05, 0.1) is 13.2 Å². The standard InChI is InChI=1S/C6H13NO3/c1-10-6(9)3-2-5(8)4-7/h5,8H,2-4,7H2,1H3. The summed E-state index contributed by atoms with van der Waals surface area (Å²) in [7, 11) is 1.32. The molecule has 3 N–H and O–H groups in total. The van der Waals surface area contributed by atoms with Crippen LogP contribution >= 0.6 is 0 Å². The van der Waals surface area contributed by atoms with Crippen LogP contribution in [0.5, 0.6) is 0 Å². The molecule has 0 aromatic rings. The number of rotatable bonds is 4. The predicted octanol–water partition coefficient (Wildman–Crippen LogP) is -0.741. The molecule has 1 unspecified atom stereocenters. The maximum atomic E-state index is 10.5. The van der Waals surface area contributed by atoms with Crippen LogP contribution in [-0.4, -0.2) is 30.8 Å². The quantitative estimate of drug-likeness (QED) is 0.514. The molecule has 0 amide bonds. The number of aliphatic hydroxyl groups excluding tert-OH is 1. The number of hydrogen-bond donors (Lipinski definition) is 2. The number of nitrogens with two attached hydrogens (primary N) is 1. The highest BCUT2D eigenvalue weighted by Crippen LogP contribution is 1.95. The van der Waals surface area contributed by atoms with Crippen molar-refractivity contribution < 1.29 is 14.6 Å². The second-order valence-corrected chi connectivity index (χ2v) is 2.00. The fourth-order valence-corrected chi connectivity index (χ4v) is 0.504. The molecule has 4 heteroatoms. The first-order chi connectivity index (χ1) is 4.70. The van der Waals surface area contributed by atoms with Gasteiger partial charge >= 0.3 is 5.97 Å². The Bertz CT molecular complexity index is 105. The molecule has 4 nitrogen and oxygen atoms in total. The average Bonchev–Trinajstić information content (AvgIpc) is 1.99. The van der Waals surface area contributed by atoms with Gasteiger partial charge in [-0.25, -0.2) is 0 Å². The molecule has 0 aromatic heterocycles. The number of esters is 1. The molecule has 0 saturated heterocycles. The third kappa shape index (κ3) is 4.29. The van der Waals surface area contributed by atoms with E-state index in [0.717, 1.165) is 0 Å². The minimum atomic E-state index is -0.584. The van der Waals surface area contributed by atoms with Crippen LogP contribution in [0.3, 0.4) is 0 Å². The Morgan fingerprint density at radius 2 is 2.40 bits per heavy atom. The molecule has 0 radical (unpaired) electrons. The first-order valence-electron chi connectivity index (χ1n) is 3.15. The van der Waals surface area contributed by atoms with E-state index in [1.165, 1.54) is 7.11 Å². The van der Waals surface area contributed by atoms with Crippen LogP contribution in [0.4, 0.5) is 0 Å². The summed E-state index contributed by atoms with van der Waals surface area (Å²) in [5, 5.41) is 8.87. The maximum Gasteiger partial charge on any atom is 0.305 e. The van der Waals surface area contributed by atoms with Crippen LogP contribution in [-0.2, 0) is 9.53 Å². The summed E-state index contributed by atoms with van der Waals surface area (Å²) in [6, 6.07) is 0. The Morgan fingerprint density at radius 1 is 1.80 bits per heavy atom. The van der Waals surface area contributed by atoms with Gasteiger partial charge in [-0.15, -0.1) is 0 Å². The normalized spacial score (nSPS) is 12.7. The second-order valence-electron chi connectivity index (χ2n) is 2.00. The van der Waals surface area contributed by atoms with E-state index in [0.29, 0.717) is 6.42 Å². The van der Waals surface area contributed by atoms with E-state index in [-0.39, 0.29) is 18.9 Å². The monoisotopic (exact) mass is 147 g/mol. The van der Waals surface area contributed by atoms with E-state index >= 15 is 0 Å². The largest absolute Gasteiger partial charge is 0.469 e. The third-order valence-corrected chi connectivity index (χ3v) is 1.18. The molecule has 0 saturated carbocycles. The summed E-state index contributed by atoms with van der Waals surface area (Å²) >= 11 is 0. The summed E-state index contributed by atoms with van der Waals surface area (Å²) in [5.41, 5.74) is 5.10. The first kappa shape index (κ1) is 9.39. The van der Waals surface area contributed by atoms with Crippen LogP contribution in [0.2, 0.25) is 0 Å². The molecule has 0 aliphatic carbocycles. The minimum absolute atomic E-state index is 0.191. The highest BCUT2D eigenvalue weighted by Gasteiger charge is 2.05. The van der Waals surface area contributed by atoms with E-state index in [9.17, 15) is 4.79 Å².